The van der Waals surface area contributed by atoms with Gasteiger partial charge >= 0.3 is 83.2 Å². The normalized spacial score (nSPS) is 15.4. The monoisotopic (exact) mass is 570 g/mol. The van der Waals surface area contributed by atoms with Crippen molar-refractivity contribution < 1.29 is 132 Å². The average Bonchev–Trinajstić information content (AvgIpc) is 2.46. The Morgan fingerprint density at radius 1 is 0.611 bits per heavy atom. The molecule has 6 nitrogen and oxygen atoms in total. The van der Waals surface area contributed by atoms with Gasteiger partial charge in [-0.05, 0) is 52.4 Å². The summed E-state index contributed by atoms with van der Waals surface area (Å²) in [7, 11) is 0. The first-order valence-corrected chi connectivity index (χ1v) is 9.40. The van der Waals surface area contributed by atoms with Crippen LogP contribution in [0.5, 0.6) is 0 Å². The van der Waals surface area contributed by atoms with E-state index >= 15 is 0 Å². The maximum Gasteiger partial charge on any atom is 1.00 e. The van der Waals surface area contributed by atoms with E-state index < -0.39 is 85.2 Å². The number of halogens is 10. The minimum atomic E-state index is -5.67. The molecule has 0 saturated carbocycles. The third-order valence-electron chi connectivity index (χ3n) is 4.15. The van der Waals surface area contributed by atoms with Crippen LogP contribution >= 0.6 is 0 Å². The van der Waals surface area contributed by atoms with Gasteiger partial charge in [0.2, 0.25) is 11.7 Å². The fraction of sp³-hybridized carbons (Fsp3) is 0.889. The van der Waals surface area contributed by atoms with Crippen LogP contribution in [-0.2, 0) is 19.1 Å². The standard InChI is InChI=1S/C18H24F10O6.2Na/c1-13(2,19)33-17(25,26)15(21,22)7-9(5-11(29)30)10(6-12(31)32)8-16(23,24)18(27,28)34-14(3,4)20;;/h9-10H,5-8H2,1-4H3,(H,29,30)(H,31,32);;/q;2*+1/p-2. The SMILES string of the molecule is CC(C)(F)OC(F)(F)C(F)(F)CC(CC(=O)[O-])C(CC(=O)[O-])CC(F)(F)C(F)(F)OC(C)(C)F.[Na+].[Na+]. The van der Waals surface area contributed by atoms with Crippen molar-refractivity contribution in [1.29, 1.82) is 0 Å². The molecule has 0 radical (unpaired) electrons. The minimum Gasteiger partial charge on any atom is -0.550 e. The molecule has 0 rings (SSSR count). The molecule has 18 heteroatoms. The van der Waals surface area contributed by atoms with Crippen molar-refractivity contribution in [2.24, 2.45) is 11.8 Å². The number of aliphatic carboxylic acids is 2. The third kappa shape index (κ3) is 13.8. The smallest absolute Gasteiger partial charge is 0.550 e. The Labute approximate surface area is 244 Å². The van der Waals surface area contributed by atoms with Crippen molar-refractivity contribution >= 4 is 11.9 Å². The maximum atomic E-state index is 14.2. The summed E-state index contributed by atoms with van der Waals surface area (Å²) in [5.74, 6) is -27.8. The number of hydrogen-bond donors (Lipinski definition) is 0. The first-order valence-electron chi connectivity index (χ1n) is 9.40. The van der Waals surface area contributed by atoms with Gasteiger partial charge in [0.05, 0.1) is 0 Å². The molecule has 2 unspecified atom stereocenters. The Bertz CT molecular complexity index is 666. The van der Waals surface area contributed by atoms with Crippen LogP contribution in [0.15, 0.2) is 0 Å². The minimum absolute atomic E-state index is 0. The number of rotatable bonds is 15. The number of carbonyl (C=O) groups excluding carboxylic acids is 2. The Morgan fingerprint density at radius 2 is 0.833 bits per heavy atom. The molecule has 0 aliphatic heterocycles. The van der Waals surface area contributed by atoms with Crippen LogP contribution in [0.1, 0.15) is 53.4 Å². The molecule has 0 aliphatic rings. The zero-order valence-corrected chi connectivity index (χ0v) is 24.2. The average molecular weight is 570 g/mol. The topological polar surface area (TPSA) is 98.7 Å². The van der Waals surface area contributed by atoms with Crippen LogP contribution in [0.2, 0.25) is 0 Å². The van der Waals surface area contributed by atoms with Gasteiger partial charge in [-0.2, -0.15) is 35.1 Å². The predicted molar refractivity (Wildman–Crippen MR) is 87.8 cm³/mol. The molecule has 0 aromatic rings. The second-order valence-corrected chi connectivity index (χ2v) is 8.45. The van der Waals surface area contributed by atoms with Crippen molar-refractivity contribution in [3.63, 3.8) is 0 Å². The number of carboxylic acids is 2. The van der Waals surface area contributed by atoms with E-state index in [2.05, 4.69) is 9.47 Å². The molecule has 0 saturated heterocycles. The number of carbonyl (C=O) groups is 2. The first-order chi connectivity index (χ1) is 14.7. The van der Waals surface area contributed by atoms with Gasteiger partial charge < -0.3 is 19.8 Å². The van der Waals surface area contributed by atoms with Crippen LogP contribution in [0, 0.1) is 11.8 Å². The van der Waals surface area contributed by atoms with Crippen LogP contribution in [-0.4, -0.2) is 47.7 Å². The summed E-state index contributed by atoms with van der Waals surface area (Å²) < 4.78 is 145. The summed E-state index contributed by atoms with van der Waals surface area (Å²) in [6, 6.07) is 0. The van der Waals surface area contributed by atoms with Crippen molar-refractivity contribution in [3.05, 3.63) is 0 Å². The Balaban J connectivity index is -0.00000544. The molecule has 0 aromatic heterocycles. The molecule has 0 N–H and O–H groups in total. The van der Waals surface area contributed by atoms with E-state index in [4.69, 9.17) is 0 Å². The summed E-state index contributed by atoms with van der Waals surface area (Å²) >= 11 is 0. The van der Waals surface area contributed by atoms with Gasteiger partial charge in [0, 0.05) is 24.8 Å². The summed E-state index contributed by atoms with van der Waals surface area (Å²) in [6.45, 7) is 1.18. The molecule has 202 valence electrons. The number of alkyl halides is 10. The van der Waals surface area contributed by atoms with Crippen LogP contribution in [0.3, 0.4) is 0 Å². The van der Waals surface area contributed by atoms with E-state index in [1.165, 1.54) is 0 Å². The first kappa shape index (κ1) is 40.7. The van der Waals surface area contributed by atoms with E-state index in [1.54, 1.807) is 0 Å². The van der Waals surface area contributed by atoms with Crippen molar-refractivity contribution in [3.8, 4) is 0 Å². The molecule has 0 bridgehead atoms. The largest absolute Gasteiger partial charge is 1.00 e. The molecule has 0 amide bonds. The molecule has 0 aliphatic carbocycles. The molecule has 0 fully saturated rings. The molecule has 36 heavy (non-hydrogen) atoms. The van der Waals surface area contributed by atoms with Gasteiger partial charge in [-0.3, -0.25) is 9.47 Å². The van der Waals surface area contributed by atoms with E-state index in [1.807, 2.05) is 0 Å². The van der Waals surface area contributed by atoms with Crippen LogP contribution in [0.25, 0.3) is 0 Å². The molecular formula is C18H22F10Na2O6. The van der Waals surface area contributed by atoms with Crippen molar-refractivity contribution in [1.82, 2.24) is 0 Å². The Kier molecular flexibility index (Phi) is 15.8. The van der Waals surface area contributed by atoms with E-state index in [-0.39, 0.29) is 59.1 Å². The zero-order valence-electron chi connectivity index (χ0n) is 20.2. The van der Waals surface area contributed by atoms with Crippen LogP contribution < -0.4 is 69.3 Å². The summed E-state index contributed by atoms with van der Waals surface area (Å²) in [5.41, 5.74) is 0. The predicted octanol–water partition coefficient (Wildman–Crippen LogP) is -2.81. The second-order valence-electron chi connectivity index (χ2n) is 8.45. The summed E-state index contributed by atoms with van der Waals surface area (Å²) in [4.78, 5) is 21.8. The Hall–Kier alpha value is 0.160. The summed E-state index contributed by atoms with van der Waals surface area (Å²) in [5, 5.41) is 21.8. The Morgan fingerprint density at radius 3 is 1.00 bits per heavy atom. The number of carboxylic acid groups (broad SMARTS) is 2. The van der Waals surface area contributed by atoms with Gasteiger partial charge in [-0.1, -0.05) is 0 Å². The zero-order chi connectivity index (χ0) is 27.6. The maximum absolute atomic E-state index is 14.2. The fourth-order valence-corrected chi connectivity index (χ4v) is 2.89. The third-order valence-corrected chi connectivity index (χ3v) is 4.15. The van der Waals surface area contributed by atoms with Gasteiger partial charge in [0.1, 0.15) is 0 Å². The van der Waals surface area contributed by atoms with E-state index in [0.29, 0.717) is 27.7 Å². The molecule has 0 spiro atoms. The summed E-state index contributed by atoms with van der Waals surface area (Å²) in [6.07, 6.45) is -19.8. The molecule has 0 heterocycles. The quantitative estimate of drug-likeness (QED) is 0.156. The van der Waals surface area contributed by atoms with E-state index in [9.17, 15) is 63.7 Å². The molecule has 0 aromatic carbocycles. The molecular weight excluding hydrogens is 548 g/mol. The van der Waals surface area contributed by atoms with Gasteiger partial charge in [-0.25, -0.2) is 8.78 Å². The number of hydrogen-bond acceptors (Lipinski definition) is 6. The van der Waals surface area contributed by atoms with Gasteiger partial charge in [0.25, 0.3) is 0 Å². The van der Waals surface area contributed by atoms with Crippen molar-refractivity contribution in [2.45, 2.75) is 89.2 Å². The van der Waals surface area contributed by atoms with Crippen molar-refractivity contribution in [2.75, 3.05) is 0 Å². The van der Waals surface area contributed by atoms with Gasteiger partial charge in [0.15, 0.2) is 0 Å². The number of ether oxygens (including phenoxy) is 2. The second kappa shape index (κ2) is 14.0. The van der Waals surface area contributed by atoms with Crippen LogP contribution in [0.4, 0.5) is 43.9 Å². The molecule has 2 atom stereocenters. The fourth-order valence-electron chi connectivity index (χ4n) is 2.89. The van der Waals surface area contributed by atoms with E-state index in [0.717, 1.165) is 0 Å². The van der Waals surface area contributed by atoms with Gasteiger partial charge in [-0.15, -0.1) is 0 Å².